The Morgan fingerprint density at radius 3 is 1.95 bits per heavy atom. The molecule has 0 saturated carbocycles. The van der Waals surface area contributed by atoms with Crippen LogP contribution in [-0.4, -0.2) is 16.2 Å². The van der Waals surface area contributed by atoms with Crippen molar-refractivity contribution in [3.05, 3.63) is 223 Å². The lowest BCUT2D eigenvalue weighted by molar-refractivity contribution is 0.655. The molecule has 1 atom stereocenters. The molecular formula is C57H36N4OS. The van der Waals surface area contributed by atoms with Gasteiger partial charge in [-0.05, 0) is 76.9 Å². The average molecular weight is 825 g/mol. The predicted octanol–water partition coefficient (Wildman–Crippen LogP) is 14.9. The zero-order valence-electron chi connectivity index (χ0n) is 33.9. The summed E-state index contributed by atoms with van der Waals surface area (Å²) in [6.07, 6.45) is -0.353. The number of rotatable bonds is 6. The molecule has 12 aromatic rings. The molecule has 5 nitrogen and oxygen atoms in total. The quantitative estimate of drug-likeness (QED) is 0.182. The maximum Gasteiger partial charge on any atom is 0.159 e. The number of benzene rings is 9. The molecule has 0 saturated heterocycles. The summed E-state index contributed by atoms with van der Waals surface area (Å²) in [5.74, 6) is 1.48. The largest absolute Gasteiger partial charge is 0.456 e. The summed E-state index contributed by atoms with van der Waals surface area (Å²) in [7, 11) is 0. The predicted molar refractivity (Wildman–Crippen MR) is 264 cm³/mol. The van der Waals surface area contributed by atoms with Crippen LogP contribution in [0.3, 0.4) is 0 Å². The highest BCUT2D eigenvalue weighted by atomic mass is 32.1. The number of nitrogens with one attached hydrogen (secondary N) is 1. The van der Waals surface area contributed by atoms with E-state index in [9.17, 15) is 0 Å². The van der Waals surface area contributed by atoms with Gasteiger partial charge < -0.3 is 14.3 Å². The molecule has 0 spiro atoms. The maximum atomic E-state index is 6.29. The van der Waals surface area contributed by atoms with Crippen LogP contribution >= 0.6 is 11.3 Å². The van der Waals surface area contributed by atoms with E-state index in [1.807, 2.05) is 47.7 Å². The van der Waals surface area contributed by atoms with Crippen LogP contribution in [0.1, 0.15) is 22.9 Å². The van der Waals surface area contributed by atoms with Gasteiger partial charge in [0.05, 0.1) is 11.0 Å². The van der Waals surface area contributed by atoms with E-state index >= 15 is 0 Å². The van der Waals surface area contributed by atoms with E-state index in [1.54, 1.807) is 0 Å². The lowest BCUT2D eigenvalue weighted by Gasteiger charge is -2.23. The Bertz CT molecular complexity index is 3840. The summed E-state index contributed by atoms with van der Waals surface area (Å²) in [5, 5.41) is 10.8. The van der Waals surface area contributed by atoms with Crippen molar-refractivity contribution >= 4 is 86.9 Å². The number of aliphatic imine (C=N–C) groups is 2. The van der Waals surface area contributed by atoms with E-state index in [-0.39, 0.29) is 6.17 Å². The van der Waals surface area contributed by atoms with Crippen LogP contribution in [0.25, 0.3) is 91.9 Å². The van der Waals surface area contributed by atoms with Gasteiger partial charge in [0.1, 0.15) is 23.2 Å². The third-order valence-electron chi connectivity index (χ3n) is 12.5. The third-order valence-corrected chi connectivity index (χ3v) is 13.6. The van der Waals surface area contributed by atoms with Gasteiger partial charge in [-0.1, -0.05) is 152 Å². The third kappa shape index (κ3) is 5.91. The minimum absolute atomic E-state index is 0.353. The molecule has 9 aromatic carbocycles. The number of para-hydroxylation sites is 3. The summed E-state index contributed by atoms with van der Waals surface area (Å²) < 4.78 is 11.1. The van der Waals surface area contributed by atoms with Crippen molar-refractivity contribution in [1.29, 1.82) is 0 Å². The second-order valence-corrected chi connectivity index (χ2v) is 17.3. The van der Waals surface area contributed by atoms with Gasteiger partial charge in [-0.3, -0.25) is 0 Å². The first-order valence-corrected chi connectivity index (χ1v) is 22.1. The second kappa shape index (κ2) is 14.3. The molecule has 6 heteroatoms. The minimum atomic E-state index is -0.353. The molecule has 0 bridgehead atoms. The summed E-state index contributed by atoms with van der Waals surface area (Å²) in [6.45, 7) is 0. The van der Waals surface area contributed by atoms with E-state index in [0.717, 1.165) is 50.2 Å². The zero-order valence-corrected chi connectivity index (χ0v) is 34.7. The van der Waals surface area contributed by atoms with Gasteiger partial charge in [0.2, 0.25) is 0 Å². The minimum Gasteiger partial charge on any atom is -0.456 e. The number of hydrogen-bond donors (Lipinski definition) is 1. The van der Waals surface area contributed by atoms with Gasteiger partial charge in [0.25, 0.3) is 0 Å². The Morgan fingerprint density at radius 2 is 1.10 bits per heavy atom. The van der Waals surface area contributed by atoms with Gasteiger partial charge in [0, 0.05) is 64.1 Å². The first-order valence-electron chi connectivity index (χ1n) is 21.2. The number of furan rings is 1. The topological polar surface area (TPSA) is 54.8 Å². The highest BCUT2D eigenvalue weighted by Crippen LogP contribution is 2.42. The van der Waals surface area contributed by atoms with Gasteiger partial charge in [-0.2, -0.15) is 0 Å². The van der Waals surface area contributed by atoms with E-state index in [2.05, 4.69) is 180 Å². The summed E-state index contributed by atoms with van der Waals surface area (Å²) in [6, 6.07) is 73.5. The summed E-state index contributed by atoms with van der Waals surface area (Å²) >= 11 is 1.81. The lowest BCUT2D eigenvalue weighted by atomic mass is 9.93. The average Bonchev–Trinajstić information content (AvgIpc) is 4.03. The van der Waals surface area contributed by atoms with E-state index in [4.69, 9.17) is 14.4 Å². The SMILES string of the molecule is c1ccc(C2=NC(c3ccc4c(c3)sc3ccc(-c5ccccc5-c5ccc6c7ccccc7n(-c7ccccc7)c6c5)cc34)=NC(c3ccc4c(c3)oc3ccccc34)N2)cc1. The van der Waals surface area contributed by atoms with Crippen LogP contribution in [0, 0.1) is 0 Å². The molecule has 1 aliphatic heterocycles. The van der Waals surface area contributed by atoms with Crippen LogP contribution in [0.4, 0.5) is 0 Å². The number of aromatic nitrogens is 1. The van der Waals surface area contributed by atoms with Gasteiger partial charge in [0.15, 0.2) is 5.84 Å². The lowest BCUT2D eigenvalue weighted by Crippen LogP contribution is -2.33. The molecule has 1 unspecified atom stereocenters. The molecule has 0 radical (unpaired) electrons. The fourth-order valence-corrected chi connectivity index (χ4v) is 10.6. The molecule has 3 aromatic heterocycles. The van der Waals surface area contributed by atoms with Crippen LogP contribution in [0.15, 0.2) is 221 Å². The van der Waals surface area contributed by atoms with Crippen LogP contribution < -0.4 is 5.32 Å². The number of amidine groups is 2. The Hall–Kier alpha value is -8.06. The molecule has 1 aliphatic rings. The molecular weight excluding hydrogens is 789 g/mol. The highest BCUT2D eigenvalue weighted by molar-refractivity contribution is 7.25. The second-order valence-electron chi connectivity index (χ2n) is 16.2. The maximum absolute atomic E-state index is 6.29. The van der Waals surface area contributed by atoms with E-state index < -0.39 is 0 Å². The monoisotopic (exact) mass is 824 g/mol. The van der Waals surface area contributed by atoms with Crippen molar-refractivity contribution < 1.29 is 4.42 Å². The Morgan fingerprint density at radius 1 is 0.444 bits per heavy atom. The fraction of sp³-hybridized carbons (Fsp3) is 0.0175. The smallest absolute Gasteiger partial charge is 0.159 e. The van der Waals surface area contributed by atoms with Gasteiger partial charge in [-0.25, -0.2) is 9.98 Å². The summed E-state index contributed by atoms with van der Waals surface area (Å²) in [4.78, 5) is 10.4. The number of nitrogens with zero attached hydrogens (tertiary/aromatic N) is 3. The number of hydrogen-bond acceptors (Lipinski definition) is 5. The molecule has 0 amide bonds. The van der Waals surface area contributed by atoms with Crippen LogP contribution in [0.2, 0.25) is 0 Å². The fourth-order valence-electron chi connectivity index (χ4n) is 9.47. The van der Waals surface area contributed by atoms with Crippen LogP contribution in [-0.2, 0) is 0 Å². The Kier molecular flexibility index (Phi) is 8.08. The molecule has 63 heavy (non-hydrogen) atoms. The molecule has 296 valence electrons. The van der Waals surface area contributed by atoms with Crippen molar-refractivity contribution in [1.82, 2.24) is 9.88 Å². The van der Waals surface area contributed by atoms with Crippen molar-refractivity contribution in [3.8, 4) is 27.9 Å². The normalized spacial score (nSPS) is 14.2. The molecule has 1 N–H and O–H groups in total. The standard InChI is InChI=1S/C57H36N4OS/c1-3-13-35(14-4-1)55-58-56(38-24-28-46-45-20-10-12-22-51(45)62-52(46)33-38)60-57(59-55)39-25-29-47-48-31-36(26-30-53(48)63-54(47)34-39)41-17-7-8-18-42(41)37-23-27-44-43-19-9-11-21-49(43)61(50(44)32-37)40-15-5-2-6-16-40/h1-34,56H,(H,58,59,60). The van der Waals surface area contributed by atoms with Crippen molar-refractivity contribution in [2.45, 2.75) is 6.17 Å². The molecule has 4 heterocycles. The van der Waals surface area contributed by atoms with E-state index in [1.165, 1.54) is 64.2 Å². The summed E-state index contributed by atoms with van der Waals surface area (Å²) in [5.41, 5.74) is 13.1. The highest BCUT2D eigenvalue weighted by Gasteiger charge is 2.23. The Labute approximate surface area is 366 Å². The first kappa shape index (κ1) is 35.7. The number of thiophene rings is 1. The van der Waals surface area contributed by atoms with E-state index in [0.29, 0.717) is 5.84 Å². The molecule has 0 aliphatic carbocycles. The molecule has 0 fully saturated rings. The van der Waals surface area contributed by atoms with Crippen molar-refractivity contribution in [2.24, 2.45) is 9.98 Å². The van der Waals surface area contributed by atoms with Gasteiger partial charge >= 0.3 is 0 Å². The Balaban J connectivity index is 0.892. The van der Waals surface area contributed by atoms with Crippen LogP contribution in [0.5, 0.6) is 0 Å². The number of fused-ring (bicyclic) bond motifs is 9. The van der Waals surface area contributed by atoms with Crippen molar-refractivity contribution in [2.75, 3.05) is 0 Å². The van der Waals surface area contributed by atoms with Crippen molar-refractivity contribution in [3.63, 3.8) is 0 Å². The van der Waals surface area contributed by atoms with Gasteiger partial charge in [-0.15, -0.1) is 11.3 Å². The zero-order chi connectivity index (χ0) is 41.4. The first-order chi connectivity index (χ1) is 31.2. The molecule has 13 rings (SSSR count).